The lowest BCUT2D eigenvalue weighted by Crippen LogP contribution is -2.37. The average molecular weight is 236 g/mol. The van der Waals surface area contributed by atoms with E-state index in [1.807, 2.05) is 6.07 Å². The van der Waals surface area contributed by atoms with E-state index in [-0.39, 0.29) is 6.04 Å². The van der Waals surface area contributed by atoms with E-state index in [0.717, 1.165) is 5.92 Å². The zero-order chi connectivity index (χ0) is 12.7. The molecule has 0 aliphatic heterocycles. The fourth-order valence-corrected chi connectivity index (χ4v) is 3.78. The number of fused-ring (bicyclic) bond motifs is 2. The third kappa shape index (κ3) is 1.88. The second-order valence-corrected chi connectivity index (χ2v) is 6.49. The van der Waals surface area contributed by atoms with Crippen LogP contribution in [0.25, 0.3) is 0 Å². The Hall–Kier alpha value is -0.590. The van der Waals surface area contributed by atoms with Crippen molar-refractivity contribution in [2.24, 2.45) is 22.5 Å². The molecule has 2 aliphatic rings. The van der Waals surface area contributed by atoms with Crippen LogP contribution in [-0.4, -0.2) is 18.8 Å². The van der Waals surface area contributed by atoms with Gasteiger partial charge in [-0.25, -0.2) is 0 Å². The van der Waals surface area contributed by atoms with Crippen LogP contribution in [0.2, 0.25) is 0 Å². The van der Waals surface area contributed by atoms with Gasteiger partial charge in [0.25, 0.3) is 0 Å². The van der Waals surface area contributed by atoms with E-state index >= 15 is 0 Å². The van der Waals surface area contributed by atoms with Crippen molar-refractivity contribution in [3.8, 4) is 6.07 Å². The largest absolute Gasteiger partial charge is 0.378 e. The quantitative estimate of drug-likeness (QED) is 0.815. The molecule has 0 aromatic rings. The standard InChI is InChI=1S/C14H24N2O/c1-13(2)10-4-6-14(13,3)12(8-10)17-7-5-11(16)9-15/h10-12H,4-8,16H2,1-3H3. The Labute approximate surface area is 104 Å². The summed E-state index contributed by atoms with van der Waals surface area (Å²) in [4.78, 5) is 0. The smallest absolute Gasteiger partial charge is 0.0950 e. The predicted octanol–water partition coefficient (Wildman–Crippen LogP) is 2.46. The van der Waals surface area contributed by atoms with Crippen molar-refractivity contribution in [2.45, 2.75) is 58.6 Å². The summed E-state index contributed by atoms with van der Waals surface area (Å²) < 4.78 is 6.02. The van der Waals surface area contributed by atoms with Gasteiger partial charge in [-0.1, -0.05) is 20.8 Å². The molecule has 3 nitrogen and oxygen atoms in total. The van der Waals surface area contributed by atoms with Crippen LogP contribution in [0, 0.1) is 28.1 Å². The maximum absolute atomic E-state index is 8.64. The molecule has 0 aromatic heterocycles. The van der Waals surface area contributed by atoms with Gasteiger partial charge in [0, 0.05) is 6.61 Å². The first kappa shape index (κ1) is 12.9. The maximum atomic E-state index is 8.64. The van der Waals surface area contributed by atoms with Gasteiger partial charge < -0.3 is 10.5 Å². The molecular weight excluding hydrogens is 212 g/mol. The van der Waals surface area contributed by atoms with Crippen molar-refractivity contribution in [3.05, 3.63) is 0 Å². The van der Waals surface area contributed by atoms with Gasteiger partial charge in [0.05, 0.1) is 18.2 Å². The predicted molar refractivity (Wildman–Crippen MR) is 67.2 cm³/mol. The Bertz CT molecular complexity index is 334. The van der Waals surface area contributed by atoms with E-state index in [0.29, 0.717) is 30.0 Å². The molecule has 96 valence electrons. The number of ether oxygens (including phenoxy) is 1. The summed E-state index contributed by atoms with van der Waals surface area (Å²) in [5.74, 6) is 0.808. The monoisotopic (exact) mass is 236 g/mol. The Morgan fingerprint density at radius 2 is 2.18 bits per heavy atom. The molecule has 2 fully saturated rings. The van der Waals surface area contributed by atoms with Gasteiger partial charge in [-0.15, -0.1) is 0 Å². The molecule has 0 aromatic carbocycles. The van der Waals surface area contributed by atoms with Crippen molar-refractivity contribution in [3.63, 3.8) is 0 Å². The van der Waals surface area contributed by atoms with Crippen LogP contribution in [0.3, 0.4) is 0 Å². The molecule has 2 saturated carbocycles. The van der Waals surface area contributed by atoms with Crippen LogP contribution >= 0.6 is 0 Å². The lowest BCUT2D eigenvalue weighted by atomic mass is 9.70. The second kappa shape index (κ2) is 4.26. The van der Waals surface area contributed by atoms with E-state index in [1.54, 1.807) is 0 Å². The Morgan fingerprint density at radius 3 is 2.65 bits per heavy atom. The summed E-state index contributed by atoms with van der Waals surface area (Å²) in [6.45, 7) is 7.76. The first-order chi connectivity index (χ1) is 7.91. The molecule has 2 rings (SSSR count). The van der Waals surface area contributed by atoms with E-state index < -0.39 is 0 Å². The molecular formula is C14H24N2O. The Morgan fingerprint density at radius 1 is 1.47 bits per heavy atom. The highest BCUT2D eigenvalue weighted by Crippen LogP contribution is 2.66. The molecule has 0 heterocycles. The molecule has 3 heteroatoms. The minimum atomic E-state index is -0.380. The fraction of sp³-hybridized carbons (Fsp3) is 0.929. The van der Waals surface area contributed by atoms with Crippen LogP contribution in [0.4, 0.5) is 0 Å². The molecule has 2 N–H and O–H groups in total. The number of hydrogen-bond acceptors (Lipinski definition) is 3. The molecule has 4 atom stereocenters. The van der Waals surface area contributed by atoms with Crippen molar-refractivity contribution < 1.29 is 4.74 Å². The molecule has 17 heavy (non-hydrogen) atoms. The van der Waals surface area contributed by atoms with Crippen molar-refractivity contribution in [2.75, 3.05) is 6.61 Å². The van der Waals surface area contributed by atoms with Gasteiger partial charge >= 0.3 is 0 Å². The highest BCUT2D eigenvalue weighted by molar-refractivity contribution is 5.11. The third-order valence-corrected chi connectivity index (χ3v) is 5.63. The van der Waals surface area contributed by atoms with Gasteiger partial charge in [0.2, 0.25) is 0 Å². The molecule has 2 bridgehead atoms. The van der Waals surface area contributed by atoms with Crippen LogP contribution in [0.15, 0.2) is 0 Å². The van der Waals surface area contributed by atoms with Crippen LogP contribution in [-0.2, 0) is 4.74 Å². The molecule has 2 aliphatic carbocycles. The molecule has 0 amide bonds. The number of rotatable bonds is 4. The first-order valence-corrected chi connectivity index (χ1v) is 6.68. The summed E-state index contributed by atoms with van der Waals surface area (Å²) in [5.41, 5.74) is 6.29. The van der Waals surface area contributed by atoms with Crippen LogP contribution in [0.1, 0.15) is 46.5 Å². The minimum Gasteiger partial charge on any atom is -0.378 e. The summed E-state index contributed by atoms with van der Waals surface area (Å²) in [6, 6.07) is 1.67. The van der Waals surface area contributed by atoms with Gasteiger partial charge in [0.1, 0.15) is 0 Å². The Balaban J connectivity index is 1.91. The lowest BCUT2D eigenvalue weighted by molar-refractivity contribution is -0.0474. The van der Waals surface area contributed by atoms with Gasteiger partial charge in [0.15, 0.2) is 0 Å². The zero-order valence-corrected chi connectivity index (χ0v) is 11.2. The van der Waals surface area contributed by atoms with Crippen molar-refractivity contribution in [1.29, 1.82) is 5.26 Å². The highest BCUT2D eigenvalue weighted by atomic mass is 16.5. The van der Waals surface area contributed by atoms with Crippen LogP contribution in [0.5, 0.6) is 0 Å². The van der Waals surface area contributed by atoms with Gasteiger partial charge in [-0.3, -0.25) is 0 Å². The summed E-state index contributed by atoms with van der Waals surface area (Å²) >= 11 is 0. The maximum Gasteiger partial charge on any atom is 0.0950 e. The molecule has 0 saturated heterocycles. The molecule has 4 unspecified atom stereocenters. The summed E-state index contributed by atoms with van der Waals surface area (Å²) in [5, 5.41) is 8.64. The topological polar surface area (TPSA) is 59.0 Å². The number of hydrogen-bond donors (Lipinski definition) is 1. The van der Waals surface area contributed by atoms with E-state index in [4.69, 9.17) is 15.7 Å². The fourth-order valence-electron chi connectivity index (χ4n) is 3.78. The van der Waals surface area contributed by atoms with E-state index in [9.17, 15) is 0 Å². The number of nitrogens with zero attached hydrogens (tertiary/aromatic N) is 1. The first-order valence-electron chi connectivity index (χ1n) is 6.68. The SMILES string of the molecule is CC1(C)C2CCC1(C)C(OCCC(N)C#N)C2. The van der Waals surface area contributed by atoms with Crippen molar-refractivity contribution in [1.82, 2.24) is 0 Å². The summed E-state index contributed by atoms with van der Waals surface area (Å²) in [6.07, 6.45) is 4.82. The molecule has 0 radical (unpaired) electrons. The minimum absolute atomic E-state index is 0.314. The van der Waals surface area contributed by atoms with Gasteiger partial charge in [-0.2, -0.15) is 5.26 Å². The lowest BCUT2D eigenvalue weighted by Gasteiger charge is -2.39. The zero-order valence-electron chi connectivity index (χ0n) is 11.2. The Kier molecular flexibility index (Phi) is 3.22. The van der Waals surface area contributed by atoms with Gasteiger partial charge in [-0.05, 0) is 42.4 Å². The second-order valence-electron chi connectivity index (χ2n) is 6.49. The van der Waals surface area contributed by atoms with E-state index in [1.165, 1.54) is 19.3 Å². The third-order valence-electron chi connectivity index (χ3n) is 5.63. The average Bonchev–Trinajstić information content (AvgIpc) is 2.61. The van der Waals surface area contributed by atoms with E-state index in [2.05, 4.69) is 20.8 Å². The van der Waals surface area contributed by atoms with Crippen molar-refractivity contribution >= 4 is 0 Å². The van der Waals surface area contributed by atoms with Crippen LogP contribution < -0.4 is 5.73 Å². The number of nitrogens with two attached hydrogens (primary N) is 1. The summed E-state index contributed by atoms with van der Waals surface area (Å²) in [7, 11) is 0. The number of nitriles is 1. The molecule has 0 spiro atoms. The highest BCUT2D eigenvalue weighted by Gasteiger charge is 2.61. The normalized spacial score (nSPS) is 40.2.